The number of benzene rings is 2. The lowest BCUT2D eigenvalue weighted by Crippen LogP contribution is -2.32. The minimum Gasteiger partial charge on any atom is -0.352 e. The van der Waals surface area contributed by atoms with Crippen LogP contribution in [-0.2, 0) is 27.3 Å². The van der Waals surface area contributed by atoms with E-state index >= 15 is 0 Å². The van der Waals surface area contributed by atoms with Crippen molar-refractivity contribution in [1.29, 1.82) is 0 Å². The number of carbonyl (C=O) groups is 3. The van der Waals surface area contributed by atoms with E-state index in [1.165, 1.54) is 13.0 Å². The summed E-state index contributed by atoms with van der Waals surface area (Å²) in [5.41, 5.74) is 2.73. The van der Waals surface area contributed by atoms with Crippen LogP contribution in [0.15, 0.2) is 36.4 Å². The van der Waals surface area contributed by atoms with Crippen LogP contribution < -0.4 is 15.1 Å². The first kappa shape index (κ1) is 20.0. The summed E-state index contributed by atoms with van der Waals surface area (Å²) in [6.07, 6.45) is 0.784. The lowest BCUT2D eigenvalue weighted by atomic mass is 10.1. The van der Waals surface area contributed by atoms with Crippen molar-refractivity contribution < 1.29 is 23.2 Å². The molecule has 0 aliphatic carbocycles. The number of amides is 3. The molecule has 0 bridgehead atoms. The maximum atomic E-state index is 13.7. The largest absolute Gasteiger partial charge is 0.352 e. The van der Waals surface area contributed by atoms with Gasteiger partial charge in [0, 0.05) is 56.0 Å². The second-order valence-electron chi connectivity index (χ2n) is 7.59. The fraction of sp³-hybridized carbons (Fsp3) is 0.318. The molecule has 3 amide bonds. The molecular formula is C22H21F2N3O3. The van der Waals surface area contributed by atoms with Crippen molar-refractivity contribution in [2.75, 3.05) is 22.9 Å². The fourth-order valence-electron chi connectivity index (χ4n) is 4.01. The van der Waals surface area contributed by atoms with Crippen LogP contribution in [0.3, 0.4) is 0 Å². The molecule has 8 heteroatoms. The highest BCUT2D eigenvalue weighted by Gasteiger charge is 2.35. The Hall–Kier alpha value is -3.29. The van der Waals surface area contributed by atoms with Crippen molar-refractivity contribution in [1.82, 2.24) is 5.32 Å². The molecule has 1 N–H and O–H groups in total. The van der Waals surface area contributed by atoms with Gasteiger partial charge in [-0.1, -0.05) is 6.07 Å². The Balaban J connectivity index is 1.42. The summed E-state index contributed by atoms with van der Waals surface area (Å²) in [5, 5.41) is 2.63. The van der Waals surface area contributed by atoms with Gasteiger partial charge in [-0.3, -0.25) is 14.4 Å². The van der Waals surface area contributed by atoms with Gasteiger partial charge in [0.25, 0.3) is 0 Å². The molecule has 2 aromatic rings. The van der Waals surface area contributed by atoms with Crippen molar-refractivity contribution in [3.8, 4) is 0 Å². The van der Waals surface area contributed by atoms with E-state index in [9.17, 15) is 23.2 Å². The Morgan fingerprint density at radius 2 is 1.97 bits per heavy atom. The van der Waals surface area contributed by atoms with E-state index in [1.807, 2.05) is 12.1 Å². The first-order valence-electron chi connectivity index (χ1n) is 9.76. The Morgan fingerprint density at radius 3 is 2.70 bits per heavy atom. The number of halogens is 2. The number of nitrogens with one attached hydrogen (secondary N) is 1. The van der Waals surface area contributed by atoms with Crippen LogP contribution >= 0.6 is 0 Å². The third-order valence-corrected chi connectivity index (χ3v) is 5.61. The van der Waals surface area contributed by atoms with Crippen molar-refractivity contribution in [3.05, 3.63) is 59.2 Å². The number of rotatable bonds is 4. The zero-order chi connectivity index (χ0) is 21.4. The number of hydrogen-bond donors (Lipinski definition) is 1. The summed E-state index contributed by atoms with van der Waals surface area (Å²) in [4.78, 5) is 40.0. The van der Waals surface area contributed by atoms with E-state index < -0.39 is 17.6 Å². The normalized spacial score (nSPS) is 18.0. The maximum Gasteiger partial charge on any atom is 0.227 e. The van der Waals surface area contributed by atoms with E-state index in [1.54, 1.807) is 15.9 Å². The van der Waals surface area contributed by atoms with E-state index in [2.05, 4.69) is 5.32 Å². The predicted molar refractivity (Wildman–Crippen MR) is 107 cm³/mol. The highest BCUT2D eigenvalue weighted by atomic mass is 19.1. The number of hydrogen-bond acceptors (Lipinski definition) is 3. The molecule has 2 aromatic carbocycles. The van der Waals surface area contributed by atoms with E-state index in [0.29, 0.717) is 12.2 Å². The van der Waals surface area contributed by atoms with Crippen molar-refractivity contribution in [3.63, 3.8) is 0 Å². The third kappa shape index (κ3) is 3.77. The van der Waals surface area contributed by atoms with Crippen LogP contribution in [0.4, 0.5) is 20.2 Å². The molecule has 2 aliphatic rings. The van der Waals surface area contributed by atoms with Crippen LogP contribution in [0.5, 0.6) is 0 Å². The number of anilines is 2. The topological polar surface area (TPSA) is 69.7 Å². The molecule has 4 rings (SSSR count). The molecule has 1 fully saturated rings. The smallest absolute Gasteiger partial charge is 0.227 e. The van der Waals surface area contributed by atoms with Gasteiger partial charge >= 0.3 is 0 Å². The van der Waals surface area contributed by atoms with Crippen molar-refractivity contribution in [2.24, 2.45) is 5.92 Å². The molecule has 0 spiro atoms. The summed E-state index contributed by atoms with van der Waals surface area (Å²) in [6, 6.07) is 8.69. The van der Waals surface area contributed by atoms with Gasteiger partial charge in [0.15, 0.2) is 0 Å². The van der Waals surface area contributed by atoms with Gasteiger partial charge in [-0.05, 0) is 36.2 Å². The molecule has 1 atom stereocenters. The zero-order valence-corrected chi connectivity index (χ0v) is 16.5. The lowest BCUT2D eigenvalue weighted by Gasteiger charge is -2.19. The van der Waals surface area contributed by atoms with Crippen LogP contribution in [0, 0.1) is 17.6 Å². The van der Waals surface area contributed by atoms with Gasteiger partial charge in [-0.15, -0.1) is 0 Å². The van der Waals surface area contributed by atoms with Gasteiger partial charge in [0.1, 0.15) is 11.6 Å². The van der Waals surface area contributed by atoms with Crippen LogP contribution in [0.1, 0.15) is 24.5 Å². The molecule has 0 aromatic heterocycles. The highest BCUT2D eigenvalue weighted by molar-refractivity contribution is 6.01. The average Bonchev–Trinajstić information content (AvgIpc) is 3.30. The minimum absolute atomic E-state index is 0.0203. The maximum absolute atomic E-state index is 13.7. The van der Waals surface area contributed by atoms with Crippen molar-refractivity contribution >= 4 is 29.1 Å². The lowest BCUT2D eigenvalue weighted by molar-refractivity contribution is -0.126. The fourth-order valence-corrected chi connectivity index (χ4v) is 4.01. The van der Waals surface area contributed by atoms with Crippen LogP contribution in [0.2, 0.25) is 0 Å². The predicted octanol–water partition coefficient (Wildman–Crippen LogP) is 2.54. The van der Waals surface area contributed by atoms with E-state index in [4.69, 9.17) is 0 Å². The van der Waals surface area contributed by atoms with Gasteiger partial charge in [-0.25, -0.2) is 8.78 Å². The number of nitrogens with zero attached hydrogens (tertiary/aromatic N) is 2. The van der Waals surface area contributed by atoms with E-state index in [-0.39, 0.29) is 42.8 Å². The molecular weight excluding hydrogens is 392 g/mol. The van der Waals surface area contributed by atoms with Gasteiger partial charge in [0.05, 0.1) is 5.92 Å². The van der Waals surface area contributed by atoms with Gasteiger partial charge in [-0.2, -0.15) is 0 Å². The molecule has 6 nitrogen and oxygen atoms in total. The minimum atomic E-state index is -0.725. The Kier molecular flexibility index (Phi) is 5.24. The van der Waals surface area contributed by atoms with Crippen molar-refractivity contribution in [2.45, 2.75) is 26.3 Å². The van der Waals surface area contributed by atoms with Crippen LogP contribution in [0.25, 0.3) is 0 Å². The molecule has 0 radical (unpaired) electrons. The molecule has 156 valence electrons. The van der Waals surface area contributed by atoms with Gasteiger partial charge in [0.2, 0.25) is 17.7 Å². The molecule has 1 saturated heterocycles. The van der Waals surface area contributed by atoms with E-state index in [0.717, 1.165) is 29.8 Å². The second-order valence-corrected chi connectivity index (χ2v) is 7.59. The Bertz CT molecular complexity index is 1040. The van der Waals surface area contributed by atoms with Gasteiger partial charge < -0.3 is 15.1 Å². The monoisotopic (exact) mass is 413 g/mol. The summed E-state index contributed by atoms with van der Waals surface area (Å²) in [7, 11) is 0. The Labute approximate surface area is 172 Å². The molecule has 0 saturated carbocycles. The SMILES string of the molecule is CC(=O)N1CCc2cc(N3CC(C(=O)NCc4ccc(F)cc4F)CC3=O)ccc21. The molecule has 30 heavy (non-hydrogen) atoms. The first-order valence-corrected chi connectivity index (χ1v) is 9.76. The molecule has 2 aliphatic heterocycles. The summed E-state index contributed by atoms with van der Waals surface area (Å²) in [5.74, 6) is -2.49. The quantitative estimate of drug-likeness (QED) is 0.838. The number of carbonyl (C=O) groups excluding carboxylic acids is 3. The highest BCUT2D eigenvalue weighted by Crippen LogP contribution is 2.34. The first-order chi connectivity index (χ1) is 14.3. The standard InChI is InChI=1S/C22H21F2N3O3/c1-13(28)26-7-6-14-8-18(4-5-20(14)26)27-12-16(9-21(27)29)22(30)25-11-15-2-3-17(23)10-19(15)24/h2-5,8,10,16H,6-7,9,11-12H2,1H3,(H,25,30). The second kappa shape index (κ2) is 7.85. The average molecular weight is 413 g/mol. The third-order valence-electron chi connectivity index (χ3n) is 5.61. The zero-order valence-electron chi connectivity index (χ0n) is 16.5. The summed E-state index contributed by atoms with van der Waals surface area (Å²) >= 11 is 0. The number of fused-ring (bicyclic) bond motifs is 1. The van der Waals surface area contributed by atoms with Crippen LogP contribution in [-0.4, -0.2) is 30.8 Å². The summed E-state index contributed by atoms with van der Waals surface area (Å²) < 4.78 is 26.7. The summed E-state index contributed by atoms with van der Waals surface area (Å²) in [6.45, 7) is 2.29. The molecule has 1 unspecified atom stereocenters. The molecule has 2 heterocycles. The Morgan fingerprint density at radius 1 is 1.17 bits per heavy atom.